The van der Waals surface area contributed by atoms with Crippen LogP contribution in [0.25, 0.3) is 10.2 Å². The number of benzene rings is 1. The molecule has 0 radical (unpaired) electrons. The summed E-state index contributed by atoms with van der Waals surface area (Å²) in [7, 11) is 0. The first-order chi connectivity index (χ1) is 7.26. The second-order valence-electron chi connectivity index (χ2n) is 3.46. The van der Waals surface area contributed by atoms with Gasteiger partial charge in [-0.15, -0.1) is 0 Å². The molecule has 0 aliphatic rings. The second kappa shape index (κ2) is 4.16. The van der Waals surface area contributed by atoms with E-state index in [1.807, 2.05) is 6.07 Å². The smallest absolute Gasteiger partial charge is 0.308 e. The minimum absolute atomic E-state index is 0.0868. The van der Waals surface area contributed by atoms with Crippen LogP contribution in [0, 0.1) is 0 Å². The summed E-state index contributed by atoms with van der Waals surface area (Å²) < 4.78 is 2.81. The molecule has 0 saturated heterocycles. The first-order valence-corrected chi connectivity index (χ1v) is 5.90. The van der Waals surface area contributed by atoms with Gasteiger partial charge >= 0.3 is 4.87 Å². The highest BCUT2D eigenvalue weighted by molar-refractivity contribution is 7.16. The molecule has 1 aromatic heterocycles. The minimum Gasteiger partial charge on any atom is -0.329 e. The van der Waals surface area contributed by atoms with E-state index in [4.69, 9.17) is 5.73 Å². The average Bonchev–Trinajstić information content (AvgIpc) is 2.55. The number of nitrogens with zero attached hydrogens (tertiary/aromatic N) is 1. The van der Waals surface area contributed by atoms with Crippen molar-refractivity contribution in [1.82, 2.24) is 4.57 Å². The van der Waals surface area contributed by atoms with E-state index in [1.54, 1.807) is 4.57 Å². The van der Waals surface area contributed by atoms with Crippen molar-refractivity contribution in [2.24, 2.45) is 5.73 Å². The zero-order valence-electron chi connectivity index (χ0n) is 8.69. The van der Waals surface area contributed by atoms with Crippen LogP contribution < -0.4 is 10.6 Å². The highest BCUT2D eigenvalue weighted by Crippen LogP contribution is 2.19. The van der Waals surface area contributed by atoms with Crippen molar-refractivity contribution in [3.63, 3.8) is 0 Å². The maximum Gasteiger partial charge on any atom is 0.308 e. The Bertz CT molecular complexity index is 527. The first-order valence-electron chi connectivity index (χ1n) is 5.08. The molecule has 1 heterocycles. The molecular formula is C11H14N2OS. The van der Waals surface area contributed by atoms with E-state index < -0.39 is 0 Å². The van der Waals surface area contributed by atoms with Crippen LogP contribution in [0.15, 0.2) is 23.0 Å². The molecule has 2 rings (SSSR count). The number of thiazole rings is 1. The summed E-state index contributed by atoms with van der Waals surface area (Å²) in [5.41, 5.74) is 7.75. The van der Waals surface area contributed by atoms with Crippen LogP contribution in [0.5, 0.6) is 0 Å². The molecule has 4 heteroatoms. The molecule has 0 spiro atoms. The van der Waals surface area contributed by atoms with Crippen molar-refractivity contribution < 1.29 is 0 Å². The summed E-state index contributed by atoms with van der Waals surface area (Å²) in [5, 5.41) is 0. The summed E-state index contributed by atoms with van der Waals surface area (Å²) in [4.78, 5) is 11.7. The van der Waals surface area contributed by atoms with Gasteiger partial charge in [-0.2, -0.15) is 0 Å². The molecule has 0 amide bonds. The molecule has 1 aromatic carbocycles. The Morgan fingerprint density at radius 3 is 2.93 bits per heavy atom. The monoisotopic (exact) mass is 222 g/mol. The van der Waals surface area contributed by atoms with Gasteiger partial charge in [0.15, 0.2) is 0 Å². The Balaban J connectivity index is 2.63. The zero-order chi connectivity index (χ0) is 10.8. The minimum atomic E-state index is 0.0868. The molecule has 3 nitrogen and oxygen atoms in total. The van der Waals surface area contributed by atoms with Crippen molar-refractivity contribution in [3.8, 4) is 0 Å². The predicted molar refractivity (Wildman–Crippen MR) is 64.5 cm³/mol. The van der Waals surface area contributed by atoms with Gasteiger partial charge in [0.1, 0.15) is 0 Å². The molecule has 0 unspecified atom stereocenters. The average molecular weight is 222 g/mol. The van der Waals surface area contributed by atoms with Gasteiger partial charge in [-0.05, 0) is 24.1 Å². The van der Waals surface area contributed by atoms with E-state index in [0.29, 0.717) is 13.1 Å². The number of nitrogens with two attached hydrogens (primary N) is 1. The van der Waals surface area contributed by atoms with Crippen LogP contribution in [-0.2, 0) is 13.0 Å². The molecule has 15 heavy (non-hydrogen) atoms. The van der Waals surface area contributed by atoms with Crippen LogP contribution in [-0.4, -0.2) is 11.1 Å². The van der Waals surface area contributed by atoms with E-state index >= 15 is 0 Å². The van der Waals surface area contributed by atoms with Crippen molar-refractivity contribution in [1.29, 1.82) is 0 Å². The maximum absolute atomic E-state index is 11.7. The number of aromatic nitrogens is 1. The van der Waals surface area contributed by atoms with E-state index in [0.717, 1.165) is 16.6 Å². The third-order valence-electron chi connectivity index (χ3n) is 2.49. The third kappa shape index (κ3) is 1.82. The first kappa shape index (κ1) is 10.4. The lowest BCUT2D eigenvalue weighted by Gasteiger charge is -2.01. The van der Waals surface area contributed by atoms with Crippen molar-refractivity contribution in [2.45, 2.75) is 19.9 Å². The molecule has 0 aliphatic heterocycles. The molecule has 0 saturated carbocycles. The summed E-state index contributed by atoms with van der Waals surface area (Å²) >= 11 is 1.30. The maximum atomic E-state index is 11.7. The molecular weight excluding hydrogens is 208 g/mol. The summed E-state index contributed by atoms with van der Waals surface area (Å²) in [6.45, 7) is 3.21. The Morgan fingerprint density at radius 1 is 1.47 bits per heavy atom. The number of aryl methyl sites for hydroxylation is 1. The fourth-order valence-corrected chi connectivity index (χ4v) is 2.65. The van der Waals surface area contributed by atoms with Crippen LogP contribution in [0.3, 0.4) is 0 Å². The summed E-state index contributed by atoms with van der Waals surface area (Å²) in [5.74, 6) is 0. The zero-order valence-corrected chi connectivity index (χ0v) is 9.51. The topological polar surface area (TPSA) is 48.0 Å². The van der Waals surface area contributed by atoms with Crippen molar-refractivity contribution in [2.75, 3.05) is 6.54 Å². The Kier molecular flexibility index (Phi) is 2.88. The molecule has 2 N–H and O–H groups in total. The van der Waals surface area contributed by atoms with Crippen LogP contribution in [0.4, 0.5) is 0 Å². The van der Waals surface area contributed by atoms with Crippen LogP contribution in [0.1, 0.15) is 12.5 Å². The lowest BCUT2D eigenvalue weighted by Crippen LogP contribution is -2.18. The van der Waals surface area contributed by atoms with E-state index in [9.17, 15) is 4.79 Å². The molecule has 80 valence electrons. The third-order valence-corrected chi connectivity index (χ3v) is 3.44. The number of rotatable bonds is 3. The van der Waals surface area contributed by atoms with Crippen LogP contribution in [0.2, 0.25) is 0 Å². The quantitative estimate of drug-likeness (QED) is 0.857. The van der Waals surface area contributed by atoms with Gasteiger partial charge in [0, 0.05) is 13.1 Å². The predicted octanol–water partition coefficient (Wildman–Crippen LogP) is 1.58. The summed E-state index contributed by atoms with van der Waals surface area (Å²) in [6.07, 6.45) is 0.999. The fraction of sp³-hybridized carbons (Fsp3) is 0.364. The summed E-state index contributed by atoms with van der Waals surface area (Å²) in [6, 6.07) is 6.18. The molecule has 0 atom stereocenters. The van der Waals surface area contributed by atoms with Gasteiger partial charge in [0.2, 0.25) is 0 Å². The van der Waals surface area contributed by atoms with Gasteiger partial charge in [-0.25, -0.2) is 0 Å². The van der Waals surface area contributed by atoms with E-state index in [1.165, 1.54) is 16.9 Å². The number of hydrogen-bond acceptors (Lipinski definition) is 3. The molecule has 0 fully saturated rings. The normalized spacial score (nSPS) is 11.1. The molecule has 2 aromatic rings. The standard InChI is InChI=1S/C11H14N2OS/c1-2-8-3-4-9-10(7-8)15-11(14)13(9)6-5-12/h3-4,7H,2,5-6,12H2,1H3. The lowest BCUT2D eigenvalue weighted by molar-refractivity contribution is 0.721. The highest BCUT2D eigenvalue weighted by atomic mass is 32.1. The lowest BCUT2D eigenvalue weighted by atomic mass is 10.2. The Morgan fingerprint density at radius 2 is 2.27 bits per heavy atom. The second-order valence-corrected chi connectivity index (χ2v) is 4.46. The Hall–Kier alpha value is -1.13. The van der Waals surface area contributed by atoms with Gasteiger partial charge in [-0.3, -0.25) is 9.36 Å². The SMILES string of the molecule is CCc1ccc2c(c1)sc(=O)n2CCN. The number of hydrogen-bond donors (Lipinski definition) is 1. The largest absolute Gasteiger partial charge is 0.329 e. The van der Waals surface area contributed by atoms with Gasteiger partial charge < -0.3 is 5.73 Å². The fourth-order valence-electron chi connectivity index (χ4n) is 1.67. The highest BCUT2D eigenvalue weighted by Gasteiger charge is 2.06. The van der Waals surface area contributed by atoms with Gasteiger partial charge in [0.25, 0.3) is 0 Å². The Labute approximate surface area is 92.1 Å². The van der Waals surface area contributed by atoms with E-state index in [2.05, 4.69) is 19.1 Å². The molecule has 0 bridgehead atoms. The van der Waals surface area contributed by atoms with Gasteiger partial charge in [-0.1, -0.05) is 24.3 Å². The molecule has 0 aliphatic carbocycles. The van der Waals surface area contributed by atoms with Gasteiger partial charge in [0.05, 0.1) is 10.2 Å². The van der Waals surface area contributed by atoms with Crippen molar-refractivity contribution in [3.05, 3.63) is 33.4 Å². The number of fused-ring (bicyclic) bond motifs is 1. The van der Waals surface area contributed by atoms with Crippen molar-refractivity contribution >= 4 is 21.6 Å². The van der Waals surface area contributed by atoms with E-state index in [-0.39, 0.29) is 4.87 Å². The van der Waals surface area contributed by atoms with Crippen LogP contribution >= 0.6 is 11.3 Å².